The van der Waals surface area contributed by atoms with Gasteiger partial charge >= 0.3 is 17.8 Å². The lowest BCUT2D eigenvalue weighted by molar-refractivity contribution is -0.144. The maximum Gasteiger partial charge on any atom is 0.334 e. The molecule has 1 aliphatic heterocycles. The Morgan fingerprint density at radius 1 is 1.09 bits per heavy atom. The molecule has 0 radical (unpaired) electrons. The van der Waals surface area contributed by atoms with Crippen molar-refractivity contribution in [3.05, 3.63) is 35.4 Å². The molecule has 0 unspecified atom stereocenters. The molecule has 1 aromatic rings. The predicted molar refractivity (Wildman–Crippen MR) is 81.0 cm³/mol. The number of carbonyl (C=O) groups excluding carboxylic acids is 3. The number of urea groups is 1. The number of benzene rings is 1. The minimum Gasteiger partial charge on any atom is -0.263 e. The number of aryl methyl sites for hydroxylation is 1. The molecule has 1 aliphatic carbocycles. The van der Waals surface area contributed by atoms with E-state index in [2.05, 4.69) is 12.1 Å². The van der Waals surface area contributed by atoms with Crippen LogP contribution >= 0.6 is 0 Å². The van der Waals surface area contributed by atoms with Gasteiger partial charge in [0.2, 0.25) is 0 Å². The Morgan fingerprint density at radius 3 is 2.41 bits per heavy atom. The molecule has 1 fully saturated rings. The van der Waals surface area contributed by atoms with Gasteiger partial charge in [0.25, 0.3) is 0 Å². The van der Waals surface area contributed by atoms with Gasteiger partial charge < -0.3 is 0 Å². The number of hydrogen-bond donors (Lipinski definition) is 0. The second-order valence-corrected chi connectivity index (χ2v) is 6.34. The van der Waals surface area contributed by atoms with Crippen LogP contribution in [0, 0.1) is 5.92 Å². The summed E-state index contributed by atoms with van der Waals surface area (Å²) in [6.07, 6.45) is 2.74. The molecule has 1 atom stereocenters. The summed E-state index contributed by atoms with van der Waals surface area (Å²) in [5.41, 5.74) is 2.63. The van der Waals surface area contributed by atoms with Crippen LogP contribution in [0.1, 0.15) is 31.4 Å². The number of imide groups is 2. The second-order valence-electron chi connectivity index (χ2n) is 6.34. The average Bonchev–Trinajstić information content (AvgIpc) is 2.71. The van der Waals surface area contributed by atoms with Gasteiger partial charge in [-0.05, 0) is 50.2 Å². The number of carbonyl (C=O) groups is 3. The van der Waals surface area contributed by atoms with E-state index in [1.807, 2.05) is 12.1 Å². The van der Waals surface area contributed by atoms with Gasteiger partial charge in [0.1, 0.15) is 0 Å². The molecule has 1 aromatic carbocycles. The minimum atomic E-state index is -0.698. The van der Waals surface area contributed by atoms with Crippen molar-refractivity contribution in [2.75, 3.05) is 6.54 Å². The van der Waals surface area contributed by atoms with E-state index in [0.29, 0.717) is 6.54 Å². The molecule has 116 valence electrons. The average molecular weight is 300 g/mol. The number of fused-ring (bicyclic) bond motifs is 1. The predicted octanol–water partition coefficient (Wildman–Crippen LogP) is 1.99. The zero-order valence-corrected chi connectivity index (χ0v) is 12.9. The summed E-state index contributed by atoms with van der Waals surface area (Å²) < 4.78 is 0. The molecule has 5 nitrogen and oxygen atoms in total. The molecular weight excluding hydrogens is 280 g/mol. The molecule has 1 heterocycles. The van der Waals surface area contributed by atoms with E-state index < -0.39 is 17.8 Å². The third-order valence-corrected chi connectivity index (χ3v) is 4.49. The number of hydrogen-bond acceptors (Lipinski definition) is 3. The van der Waals surface area contributed by atoms with Crippen molar-refractivity contribution in [1.29, 1.82) is 0 Å². The molecule has 22 heavy (non-hydrogen) atoms. The molecule has 4 amide bonds. The Bertz CT molecular complexity index is 639. The van der Waals surface area contributed by atoms with Gasteiger partial charge in [-0.25, -0.2) is 4.79 Å². The van der Waals surface area contributed by atoms with Crippen molar-refractivity contribution in [2.45, 2.75) is 39.2 Å². The monoisotopic (exact) mass is 300 g/mol. The Morgan fingerprint density at radius 2 is 1.77 bits per heavy atom. The van der Waals surface area contributed by atoms with Crippen LogP contribution in [0.5, 0.6) is 0 Å². The Kier molecular flexibility index (Phi) is 3.72. The summed E-state index contributed by atoms with van der Waals surface area (Å²) in [7, 11) is 0. The van der Waals surface area contributed by atoms with Crippen LogP contribution in [0.4, 0.5) is 4.79 Å². The molecular formula is C17H20N2O3. The SMILES string of the molecule is CC(C)N1C(=O)C(=O)N(C[C@H]2CCc3ccccc3C2)C1=O. The van der Waals surface area contributed by atoms with Crippen LogP contribution < -0.4 is 0 Å². The minimum absolute atomic E-state index is 0.225. The summed E-state index contributed by atoms with van der Waals surface area (Å²) in [4.78, 5) is 38.5. The van der Waals surface area contributed by atoms with Gasteiger partial charge in [0.15, 0.2) is 0 Å². The number of rotatable bonds is 3. The normalized spacial score (nSPS) is 21.8. The van der Waals surface area contributed by atoms with Crippen molar-refractivity contribution in [1.82, 2.24) is 9.80 Å². The Hall–Kier alpha value is -2.17. The van der Waals surface area contributed by atoms with Crippen molar-refractivity contribution in [3.8, 4) is 0 Å². The third-order valence-electron chi connectivity index (χ3n) is 4.49. The van der Waals surface area contributed by atoms with Crippen molar-refractivity contribution in [2.24, 2.45) is 5.92 Å². The lowest BCUT2D eigenvalue weighted by Gasteiger charge is -2.27. The van der Waals surface area contributed by atoms with Crippen LogP contribution in [-0.2, 0) is 22.4 Å². The molecule has 0 aromatic heterocycles. The van der Waals surface area contributed by atoms with Crippen LogP contribution in [0.3, 0.4) is 0 Å². The summed E-state index contributed by atoms with van der Waals surface area (Å²) in [6, 6.07) is 7.51. The van der Waals surface area contributed by atoms with Crippen molar-refractivity contribution in [3.63, 3.8) is 0 Å². The third kappa shape index (κ3) is 2.40. The van der Waals surface area contributed by atoms with Gasteiger partial charge in [-0.1, -0.05) is 24.3 Å². The standard InChI is InChI=1S/C17H20N2O3/c1-11(2)19-16(21)15(20)18(17(19)22)10-12-7-8-13-5-3-4-6-14(13)9-12/h3-6,11-12H,7-10H2,1-2H3/t12-/m0/s1. The highest BCUT2D eigenvalue weighted by atomic mass is 16.2. The van der Waals surface area contributed by atoms with Crippen molar-refractivity contribution < 1.29 is 14.4 Å². The molecule has 0 spiro atoms. The van der Waals surface area contributed by atoms with E-state index in [4.69, 9.17) is 0 Å². The van der Waals surface area contributed by atoms with Gasteiger partial charge in [-0.2, -0.15) is 0 Å². The van der Waals surface area contributed by atoms with E-state index in [1.54, 1.807) is 13.8 Å². The summed E-state index contributed by atoms with van der Waals surface area (Å²) >= 11 is 0. The summed E-state index contributed by atoms with van der Waals surface area (Å²) in [5, 5.41) is 0. The molecule has 5 heteroatoms. The Balaban J connectivity index is 1.73. The summed E-state index contributed by atoms with van der Waals surface area (Å²) in [5.74, 6) is -1.16. The highest BCUT2D eigenvalue weighted by molar-refractivity contribution is 6.44. The largest absolute Gasteiger partial charge is 0.334 e. The number of nitrogens with zero attached hydrogens (tertiary/aromatic N) is 2. The quantitative estimate of drug-likeness (QED) is 0.633. The lowest BCUT2D eigenvalue weighted by atomic mass is 9.84. The first-order valence-electron chi connectivity index (χ1n) is 7.75. The van der Waals surface area contributed by atoms with Crippen LogP contribution in [-0.4, -0.2) is 40.2 Å². The highest BCUT2D eigenvalue weighted by Crippen LogP contribution is 2.27. The summed E-state index contributed by atoms with van der Waals surface area (Å²) in [6.45, 7) is 3.81. The van der Waals surface area contributed by atoms with Crippen LogP contribution in [0.2, 0.25) is 0 Å². The van der Waals surface area contributed by atoms with Gasteiger partial charge in [0, 0.05) is 12.6 Å². The molecule has 3 rings (SSSR count). The Labute approximate surface area is 129 Å². The fraction of sp³-hybridized carbons (Fsp3) is 0.471. The van der Waals surface area contributed by atoms with Crippen LogP contribution in [0.25, 0.3) is 0 Å². The molecule has 0 saturated carbocycles. The van der Waals surface area contributed by atoms with Crippen LogP contribution in [0.15, 0.2) is 24.3 Å². The van der Waals surface area contributed by atoms with E-state index >= 15 is 0 Å². The maximum atomic E-state index is 12.3. The fourth-order valence-corrected chi connectivity index (χ4v) is 3.33. The fourth-order valence-electron chi connectivity index (χ4n) is 3.33. The lowest BCUT2D eigenvalue weighted by Crippen LogP contribution is -2.40. The maximum absolute atomic E-state index is 12.3. The van der Waals surface area contributed by atoms with E-state index in [9.17, 15) is 14.4 Å². The molecule has 1 saturated heterocycles. The zero-order chi connectivity index (χ0) is 15.9. The molecule has 0 N–H and O–H groups in total. The van der Waals surface area contributed by atoms with Gasteiger partial charge in [-0.15, -0.1) is 0 Å². The van der Waals surface area contributed by atoms with E-state index in [1.165, 1.54) is 11.1 Å². The van der Waals surface area contributed by atoms with Crippen molar-refractivity contribution >= 4 is 17.8 Å². The van der Waals surface area contributed by atoms with E-state index in [0.717, 1.165) is 29.1 Å². The molecule has 0 bridgehead atoms. The number of amides is 4. The topological polar surface area (TPSA) is 57.7 Å². The van der Waals surface area contributed by atoms with Gasteiger partial charge in [-0.3, -0.25) is 19.4 Å². The first kappa shape index (κ1) is 14.8. The first-order valence-corrected chi connectivity index (χ1v) is 7.75. The van der Waals surface area contributed by atoms with E-state index in [-0.39, 0.29) is 12.0 Å². The zero-order valence-electron chi connectivity index (χ0n) is 12.9. The highest BCUT2D eigenvalue weighted by Gasteiger charge is 2.46. The smallest absolute Gasteiger partial charge is 0.263 e. The first-order chi connectivity index (χ1) is 10.5. The molecule has 2 aliphatic rings. The van der Waals surface area contributed by atoms with Gasteiger partial charge in [0.05, 0.1) is 0 Å². The second kappa shape index (κ2) is 5.55.